The molecule has 178 valence electrons. The van der Waals surface area contributed by atoms with Crippen LogP contribution in [-0.2, 0) is 0 Å². The van der Waals surface area contributed by atoms with Crippen molar-refractivity contribution in [1.82, 2.24) is 0 Å². The summed E-state index contributed by atoms with van der Waals surface area (Å²) in [5, 5.41) is 23.6. The number of aromatic hydroxyl groups is 1. The molecule has 3 heteroatoms. The molecular formula is C34H24O3. The standard InChI is InChI=1S/C34H24O3/c1-14(2)16-11-22-23-13-21(15(3)4)34(37)31-28(23)30-26-18(8-6-10-20(26)33(31)36)17-7-5-9-19-25(17)29(30)27(22)24(12-16)32(19)35/h5-15,37H,1-4H3. The van der Waals surface area contributed by atoms with Crippen molar-refractivity contribution < 1.29 is 5.11 Å². The van der Waals surface area contributed by atoms with Gasteiger partial charge >= 0.3 is 0 Å². The maximum Gasteiger partial charge on any atom is 0.198 e. The predicted octanol–water partition coefficient (Wildman–Crippen LogP) is 8.18. The fourth-order valence-corrected chi connectivity index (χ4v) is 6.99. The average molecular weight is 481 g/mol. The highest BCUT2D eigenvalue weighted by Crippen LogP contribution is 2.51. The molecule has 8 aromatic rings. The summed E-state index contributed by atoms with van der Waals surface area (Å²) in [6, 6.07) is 18.1. The van der Waals surface area contributed by atoms with E-state index in [1.807, 2.05) is 38.1 Å². The van der Waals surface area contributed by atoms with Gasteiger partial charge in [0.2, 0.25) is 0 Å². The first-order valence-electron chi connectivity index (χ1n) is 13.0. The first kappa shape index (κ1) is 20.9. The van der Waals surface area contributed by atoms with Crippen molar-refractivity contribution in [1.29, 1.82) is 0 Å². The Bertz CT molecular complexity index is 2340. The second-order valence-corrected chi connectivity index (χ2v) is 11.3. The third-order valence-corrected chi connectivity index (χ3v) is 8.70. The van der Waals surface area contributed by atoms with Gasteiger partial charge < -0.3 is 5.11 Å². The molecule has 1 N–H and O–H groups in total. The van der Waals surface area contributed by atoms with E-state index in [2.05, 4.69) is 44.2 Å². The highest BCUT2D eigenvalue weighted by atomic mass is 16.3. The molecule has 0 fully saturated rings. The van der Waals surface area contributed by atoms with E-state index in [9.17, 15) is 14.7 Å². The van der Waals surface area contributed by atoms with E-state index in [0.29, 0.717) is 16.2 Å². The van der Waals surface area contributed by atoms with Gasteiger partial charge in [0.25, 0.3) is 0 Å². The summed E-state index contributed by atoms with van der Waals surface area (Å²) in [6.07, 6.45) is 0. The normalized spacial score (nSPS) is 13.1. The van der Waals surface area contributed by atoms with Gasteiger partial charge in [-0.3, -0.25) is 9.59 Å². The summed E-state index contributed by atoms with van der Waals surface area (Å²) >= 11 is 0. The Labute approximate surface area is 211 Å². The lowest BCUT2D eigenvalue weighted by Crippen LogP contribution is -2.10. The fraction of sp³-hybridized carbons (Fsp3) is 0.176. The smallest absolute Gasteiger partial charge is 0.198 e. The van der Waals surface area contributed by atoms with E-state index in [-0.39, 0.29) is 28.4 Å². The van der Waals surface area contributed by atoms with Gasteiger partial charge in [-0.25, -0.2) is 0 Å². The summed E-state index contributed by atoms with van der Waals surface area (Å²) in [7, 11) is 0. The quantitative estimate of drug-likeness (QED) is 0.200. The lowest BCUT2D eigenvalue weighted by Gasteiger charge is -2.24. The molecule has 0 spiro atoms. The first-order valence-corrected chi connectivity index (χ1v) is 13.0. The molecule has 37 heavy (non-hydrogen) atoms. The third-order valence-electron chi connectivity index (χ3n) is 8.70. The lowest BCUT2D eigenvalue weighted by atomic mass is 9.78. The fourth-order valence-electron chi connectivity index (χ4n) is 6.99. The summed E-state index contributed by atoms with van der Waals surface area (Å²) in [5.74, 6) is 0.342. The number of fused-ring (bicyclic) bond motifs is 2. The maximum absolute atomic E-state index is 14.1. The predicted molar refractivity (Wildman–Crippen MR) is 156 cm³/mol. The maximum atomic E-state index is 14.1. The number of benzene rings is 8. The van der Waals surface area contributed by atoms with Gasteiger partial charge in [-0.15, -0.1) is 0 Å². The molecule has 0 heterocycles. The Morgan fingerprint density at radius 1 is 0.514 bits per heavy atom. The lowest BCUT2D eigenvalue weighted by molar-refractivity contribution is 0.471. The second-order valence-electron chi connectivity index (χ2n) is 11.3. The van der Waals surface area contributed by atoms with Crippen LogP contribution in [0.4, 0.5) is 0 Å². The summed E-state index contributed by atoms with van der Waals surface area (Å²) in [6.45, 7) is 8.35. The first-order chi connectivity index (χ1) is 17.8. The SMILES string of the molecule is CC(C)c1cc2c(=O)c3cccc4c5cccc6c(=O)c7c(O)c(C(C)C)cc8c(c1)c2c(c34)c(c65)c78. The van der Waals surface area contributed by atoms with Gasteiger partial charge in [0, 0.05) is 48.5 Å². The molecule has 8 aromatic carbocycles. The third kappa shape index (κ3) is 2.25. The molecule has 0 aliphatic carbocycles. The van der Waals surface area contributed by atoms with Crippen LogP contribution in [0.15, 0.2) is 64.2 Å². The summed E-state index contributed by atoms with van der Waals surface area (Å²) in [5.41, 5.74) is 1.77. The van der Waals surface area contributed by atoms with Crippen LogP contribution >= 0.6 is 0 Å². The molecule has 0 bridgehead atoms. The number of phenolic OH excluding ortho intramolecular Hbond substituents is 1. The monoisotopic (exact) mass is 480 g/mol. The Balaban J connectivity index is 1.91. The van der Waals surface area contributed by atoms with E-state index < -0.39 is 0 Å². The van der Waals surface area contributed by atoms with Crippen molar-refractivity contribution >= 4 is 75.4 Å². The van der Waals surface area contributed by atoms with Crippen LogP contribution in [0.2, 0.25) is 0 Å². The minimum atomic E-state index is -0.132. The zero-order valence-electron chi connectivity index (χ0n) is 21.1. The van der Waals surface area contributed by atoms with E-state index in [0.717, 1.165) is 70.4 Å². The largest absolute Gasteiger partial charge is 0.507 e. The van der Waals surface area contributed by atoms with Gasteiger partial charge in [-0.2, -0.15) is 0 Å². The van der Waals surface area contributed by atoms with Crippen LogP contribution in [0.1, 0.15) is 50.7 Å². The summed E-state index contributed by atoms with van der Waals surface area (Å²) < 4.78 is 0. The van der Waals surface area contributed by atoms with Gasteiger partial charge in [-0.1, -0.05) is 70.2 Å². The van der Waals surface area contributed by atoms with Crippen molar-refractivity contribution in [2.45, 2.75) is 39.5 Å². The molecule has 0 aliphatic rings. The molecule has 0 aromatic heterocycles. The molecule has 0 unspecified atom stereocenters. The Morgan fingerprint density at radius 2 is 1.03 bits per heavy atom. The number of hydrogen-bond donors (Lipinski definition) is 1. The molecule has 0 amide bonds. The molecule has 0 saturated heterocycles. The zero-order chi connectivity index (χ0) is 25.5. The zero-order valence-corrected chi connectivity index (χ0v) is 21.1. The van der Waals surface area contributed by atoms with Gasteiger partial charge in [-0.05, 0) is 56.6 Å². The average Bonchev–Trinajstić information content (AvgIpc) is 2.89. The number of rotatable bonds is 2. The molecule has 0 saturated carbocycles. The Kier molecular flexibility index (Phi) is 3.70. The molecule has 0 aliphatic heterocycles. The van der Waals surface area contributed by atoms with Gasteiger partial charge in [0.05, 0.1) is 5.39 Å². The van der Waals surface area contributed by atoms with E-state index in [1.165, 1.54) is 0 Å². The molecule has 3 nitrogen and oxygen atoms in total. The minimum Gasteiger partial charge on any atom is -0.507 e. The van der Waals surface area contributed by atoms with Crippen LogP contribution in [0.3, 0.4) is 0 Å². The van der Waals surface area contributed by atoms with Crippen LogP contribution in [-0.4, -0.2) is 5.11 Å². The summed E-state index contributed by atoms with van der Waals surface area (Å²) in [4.78, 5) is 28.2. The van der Waals surface area contributed by atoms with Crippen LogP contribution < -0.4 is 10.9 Å². The van der Waals surface area contributed by atoms with Crippen LogP contribution in [0.25, 0.3) is 75.4 Å². The topological polar surface area (TPSA) is 54.4 Å². The molecule has 0 atom stereocenters. The van der Waals surface area contributed by atoms with Crippen molar-refractivity contribution in [2.75, 3.05) is 0 Å². The minimum absolute atomic E-state index is 0.0295. The highest BCUT2D eigenvalue weighted by Gasteiger charge is 2.28. The molecular weight excluding hydrogens is 456 g/mol. The van der Waals surface area contributed by atoms with Crippen molar-refractivity contribution in [3.8, 4) is 5.75 Å². The Hall–Kier alpha value is -4.24. The van der Waals surface area contributed by atoms with Crippen molar-refractivity contribution in [2.24, 2.45) is 0 Å². The number of hydrogen-bond acceptors (Lipinski definition) is 3. The van der Waals surface area contributed by atoms with Gasteiger partial charge in [0.15, 0.2) is 10.9 Å². The Morgan fingerprint density at radius 3 is 1.65 bits per heavy atom. The van der Waals surface area contributed by atoms with Gasteiger partial charge in [0.1, 0.15) is 5.75 Å². The second kappa shape index (κ2) is 6.54. The van der Waals surface area contributed by atoms with E-state index in [1.54, 1.807) is 0 Å². The van der Waals surface area contributed by atoms with Crippen molar-refractivity contribution in [3.05, 3.63) is 86.2 Å². The highest BCUT2D eigenvalue weighted by molar-refractivity contribution is 6.48. The molecule has 8 rings (SSSR count). The number of phenols is 1. The van der Waals surface area contributed by atoms with Crippen LogP contribution in [0, 0.1) is 0 Å². The van der Waals surface area contributed by atoms with E-state index >= 15 is 0 Å². The van der Waals surface area contributed by atoms with Crippen LogP contribution in [0.5, 0.6) is 5.75 Å². The van der Waals surface area contributed by atoms with E-state index in [4.69, 9.17) is 0 Å². The van der Waals surface area contributed by atoms with Crippen molar-refractivity contribution in [3.63, 3.8) is 0 Å². The molecule has 0 radical (unpaired) electrons.